The second kappa shape index (κ2) is 6.10. The Morgan fingerprint density at radius 2 is 1.54 bits per heavy atom. The summed E-state index contributed by atoms with van der Waals surface area (Å²) in [5.41, 5.74) is 6.97. The Hall–Kier alpha value is -2.29. The second-order valence-corrected chi connectivity index (χ2v) is 9.53. The molecule has 1 heterocycles. The van der Waals surface area contributed by atoms with E-state index in [4.69, 9.17) is 0 Å². The van der Waals surface area contributed by atoms with E-state index in [1.807, 2.05) is 0 Å². The van der Waals surface area contributed by atoms with Crippen molar-refractivity contribution in [2.75, 3.05) is 31.1 Å². The molecule has 0 radical (unpaired) electrons. The normalized spacial score (nSPS) is 28.5. The molecule has 2 aromatic carbocycles. The SMILES string of the molecule is Cc1cccc(C23CC(C(=O)N4CCN(c5cc(C)ccc5C)CC4)(C2)C3)c1. The molecule has 4 fully saturated rings. The fraction of sp³-hybridized carbons (Fsp3) is 0.480. The molecule has 0 aromatic heterocycles. The third kappa shape index (κ3) is 2.59. The van der Waals surface area contributed by atoms with Gasteiger partial charge in [0, 0.05) is 31.9 Å². The summed E-state index contributed by atoms with van der Waals surface area (Å²) in [6, 6.07) is 15.5. The molecule has 0 atom stereocenters. The van der Waals surface area contributed by atoms with Crippen LogP contribution in [0, 0.1) is 26.2 Å². The van der Waals surface area contributed by atoms with Crippen molar-refractivity contribution >= 4 is 11.6 Å². The number of carbonyl (C=O) groups is 1. The first kappa shape index (κ1) is 17.8. The minimum absolute atomic E-state index is 0.0504. The maximum atomic E-state index is 13.3. The van der Waals surface area contributed by atoms with Gasteiger partial charge in [-0.3, -0.25) is 4.79 Å². The van der Waals surface area contributed by atoms with Crippen LogP contribution in [0.5, 0.6) is 0 Å². The summed E-state index contributed by atoms with van der Waals surface area (Å²) in [5.74, 6) is 0.419. The van der Waals surface area contributed by atoms with E-state index in [1.165, 1.54) is 27.9 Å². The topological polar surface area (TPSA) is 23.6 Å². The lowest BCUT2D eigenvalue weighted by Crippen LogP contribution is -2.71. The molecule has 0 unspecified atom stereocenters. The molecule has 2 bridgehead atoms. The van der Waals surface area contributed by atoms with E-state index >= 15 is 0 Å². The Bertz CT molecular complexity index is 920. The lowest BCUT2D eigenvalue weighted by molar-refractivity contribution is -0.187. The number of rotatable bonds is 3. The minimum Gasteiger partial charge on any atom is -0.368 e. The van der Waals surface area contributed by atoms with Crippen LogP contribution in [-0.4, -0.2) is 37.0 Å². The molecular weight excluding hydrogens is 344 g/mol. The van der Waals surface area contributed by atoms with Gasteiger partial charge < -0.3 is 9.80 Å². The summed E-state index contributed by atoms with van der Waals surface area (Å²) in [4.78, 5) is 17.8. The summed E-state index contributed by atoms with van der Waals surface area (Å²) in [5, 5.41) is 0. The van der Waals surface area contributed by atoms with Crippen LogP contribution in [0.15, 0.2) is 42.5 Å². The summed E-state index contributed by atoms with van der Waals surface area (Å²) in [6.45, 7) is 10.1. The zero-order chi connectivity index (χ0) is 19.5. The van der Waals surface area contributed by atoms with Gasteiger partial charge in [-0.1, -0.05) is 42.0 Å². The summed E-state index contributed by atoms with van der Waals surface area (Å²) in [7, 11) is 0. The third-order valence-corrected chi connectivity index (χ3v) is 7.39. The molecule has 3 heteroatoms. The molecule has 28 heavy (non-hydrogen) atoms. The Morgan fingerprint density at radius 1 is 0.857 bits per heavy atom. The molecule has 3 nitrogen and oxygen atoms in total. The minimum atomic E-state index is -0.0504. The molecule has 1 aliphatic heterocycles. The largest absolute Gasteiger partial charge is 0.368 e. The highest BCUT2D eigenvalue weighted by Gasteiger charge is 2.72. The van der Waals surface area contributed by atoms with Crippen molar-refractivity contribution in [3.8, 4) is 0 Å². The molecule has 1 amide bonds. The lowest BCUT2D eigenvalue weighted by atomic mass is 9.33. The van der Waals surface area contributed by atoms with Crippen LogP contribution in [0.25, 0.3) is 0 Å². The number of amides is 1. The predicted molar refractivity (Wildman–Crippen MR) is 114 cm³/mol. The molecular formula is C25H30N2O. The van der Waals surface area contributed by atoms with E-state index in [-0.39, 0.29) is 5.41 Å². The second-order valence-electron chi connectivity index (χ2n) is 9.53. The number of hydrogen-bond acceptors (Lipinski definition) is 2. The van der Waals surface area contributed by atoms with E-state index < -0.39 is 0 Å². The van der Waals surface area contributed by atoms with Crippen molar-refractivity contribution in [1.29, 1.82) is 0 Å². The smallest absolute Gasteiger partial charge is 0.229 e. The van der Waals surface area contributed by atoms with Crippen LogP contribution in [-0.2, 0) is 10.2 Å². The maximum Gasteiger partial charge on any atom is 0.229 e. The Balaban J connectivity index is 1.22. The monoisotopic (exact) mass is 374 g/mol. The number of piperazine rings is 1. The van der Waals surface area contributed by atoms with Gasteiger partial charge in [-0.15, -0.1) is 0 Å². The first-order valence-electron chi connectivity index (χ1n) is 10.6. The van der Waals surface area contributed by atoms with Gasteiger partial charge in [-0.05, 0) is 68.2 Å². The highest BCUT2D eigenvalue weighted by atomic mass is 16.2. The van der Waals surface area contributed by atoms with Crippen LogP contribution in [0.3, 0.4) is 0 Å². The fourth-order valence-corrected chi connectivity index (χ4v) is 5.84. The van der Waals surface area contributed by atoms with Crippen LogP contribution in [0.1, 0.15) is 41.5 Å². The van der Waals surface area contributed by atoms with E-state index in [9.17, 15) is 4.79 Å². The number of aryl methyl sites for hydroxylation is 3. The van der Waals surface area contributed by atoms with Gasteiger partial charge in [0.1, 0.15) is 0 Å². The molecule has 1 saturated heterocycles. The summed E-state index contributed by atoms with van der Waals surface area (Å²) < 4.78 is 0. The van der Waals surface area contributed by atoms with Crippen molar-refractivity contribution in [2.45, 2.75) is 45.4 Å². The Morgan fingerprint density at radius 3 is 2.21 bits per heavy atom. The number of anilines is 1. The first-order valence-corrected chi connectivity index (χ1v) is 10.6. The van der Waals surface area contributed by atoms with Crippen LogP contribution in [0.2, 0.25) is 0 Å². The molecule has 4 aliphatic rings. The highest BCUT2D eigenvalue weighted by molar-refractivity contribution is 5.88. The van der Waals surface area contributed by atoms with E-state index in [2.05, 4.69) is 73.0 Å². The maximum absolute atomic E-state index is 13.3. The van der Waals surface area contributed by atoms with Crippen molar-refractivity contribution < 1.29 is 4.79 Å². The standard InChI is InChI=1S/C25H30N2O/c1-18-5-4-6-21(13-18)24-15-25(16-24,17-24)23(28)27-11-9-26(10-12-27)22-14-19(2)7-8-20(22)3/h4-8,13-14H,9-12,15-17H2,1-3H3. The molecule has 0 spiro atoms. The molecule has 0 N–H and O–H groups in total. The van der Waals surface area contributed by atoms with Crippen molar-refractivity contribution in [3.05, 3.63) is 64.7 Å². The molecule has 2 aromatic rings. The van der Waals surface area contributed by atoms with Gasteiger partial charge in [0.2, 0.25) is 5.91 Å². The van der Waals surface area contributed by atoms with Crippen LogP contribution in [0.4, 0.5) is 5.69 Å². The summed E-state index contributed by atoms with van der Waals surface area (Å²) in [6.07, 6.45) is 3.17. The van der Waals surface area contributed by atoms with Crippen molar-refractivity contribution in [2.24, 2.45) is 5.41 Å². The molecule has 146 valence electrons. The zero-order valence-electron chi connectivity index (χ0n) is 17.3. The number of benzene rings is 2. The third-order valence-electron chi connectivity index (χ3n) is 7.39. The molecule has 3 saturated carbocycles. The van der Waals surface area contributed by atoms with E-state index in [0.29, 0.717) is 11.3 Å². The Kier molecular flexibility index (Phi) is 3.88. The van der Waals surface area contributed by atoms with Gasteiger partial charge in [-0.25, -0.2) is 0 Å². The average Bonchev–Trinajstić information content (AvgIpc) is 2.62. The van der Waals surface area contributed by atoms with Gasteiger partial charge >= 0.3 is 0 Å². The van der Waals surface area contributed by atoms with E-state index in [0.717, 1.165) is 45.4 Å². The van der Waals surface area contributed by atoms with Crippen molar-refractivity contribution in [1.82, 2.24) is 4.90 Å². The van der Waals surface area contributed by atoms with E-state index in [1.54, 1.807) is 0 Å². The first-order chi connectivity index (χ1) is 13.4. The van der Waals surface area contributed by atoms with Crippen molar-refractivity contribution in [3.63, 3.8) is 0 Å². The average molecular weight is 375 g/mol. The quantitative estimate of drug-likeness (QED) is 0.796. The van der Waals surface area contributed by atoms with Gasteiger partial charge in [0.25, 0.3) is 0 Å². The Labute approximate surface area is 168 Å². The highest BCUT2D eigenvalue weighted by Crippen LogP contribution is 2.74. The molecule has 3 aliphatic carbocycles. The van der Waals surface area contributed by atoms with Crippen LogP contribution >= 0.6 is 0 Å². The van der Waals surface area contributed by atoms with Gasteiger partial charge in [-0.2, -0.15) is 0 Å². The predicted octanol–water partition coefficient (Wildman–Crippen LogP) is 4.38. The number of carbonyl (C=O) groups excluding carboxylic acids is 1. The summed E-state index contributed by atoms with van der Waals surface area (Å²) >= 11 is 0. The number of hydrogen-bond donors (Lipinski definition) is 0. The van der Waals surface area contributed by atoms with Crippen LogP contribution < -0.4 is 4.90 Å². The number of nitrogens with zero attached hydrogens (tertiary/aromatic N) is 2. The lowest BCUT2D eigenvalue weighted by Gasteiger charge is -2.70. The zero-order valence-corrected chi connectivity index (χ0v) is 17.3. The molecule has 6 rings (SSSR count). The fourth-order valence-electron chi connectivity index (χ4n) is 5.84. The van der Waals surface area contributed by atoms with Gasteiger partial charge in [0.15, 0.2) is 0 Å². The van der Waals surface area contributed by atoms with Gasteiger partial charge in [0.05, 0.1) is 5.41 Å².